The lowest BCUT2D eigenvalue weighted by atomic mass is 10.2. The van der Waals surface area contributed by atoms with Crippen molar-refractivity contribution in [1.29, 1.82) is 0 Å². The molecule has 2 heterocycles. The molecule has 6 nitrogen and oxygen atoms in total. The van der Waals surface area contributed by atoms with Gasteiger partial charge < -0.3 is 5.32 Å². The number of anilines is 1. The number of aromatic nitrogens is 2. The second-order valence-corrected chi connectivity index (χ2v) is 4.37. The molecule has 0 aliphatic heterocycles. The van der Waals surface area contributed by atoms with Gasteiger partial charge in [0.1, 0.15) is 12.0 Å². The Bertz CT molecular complexity index is 601. The van der Waals surface area contributed by atoms with Crippen molar-refractivity contribution in [2.75, 3.05) is 5.32 Å². The molecule has 0 radical (unpaired) electrons. The van der Waals surface area contributed by atoms with Gasteiger partial charge in [-0.25, -0.2) is 4.98 Å². The number of hydrogen-bond acceptors (Lipinski definition) is 5. The molecule has 0 aliphatic rings. The summed E-state index contributed by atoms with van der Waals surface area (Å²) in [7, 11) is 0. The van der Waals surface area contributed by atoms with Crippen molar-refractivity contribution >= 4 is 23.1 Å². The molecule has 0 aliphatic carbocycles. The summed E-state index contributed by atoms with van der Waals surface area (Å²) < 4.78 is 0. The molecule has 0 bridgehead atoms. The zero-order chi connectivity index (χ0) is 13.8. The summed E-state index contributed by atoms with van der Waals surface area (Å²) in [4.78, 5) is 18.3. The second kappa shape index (κ2) is 5.62. The van der Waals surface area contributed by atoms with Gasteiger partial charge in [0.2, 0.25) is 0 Å². The number of nitro groups is 1. The van der Waals surface area contributed by atoms with Gasteiger partial charge in [-0.1, -0.05) is 11.6 Å². The van der Waals surface area contributed by atoms with Crippen molar-refractivity contribution in [3.05, 3.63) is 57.0 Å². The molecule has 98 valence electrons. The molecule has 0 spiro atoms. The lowest BCUT2D eigenvalue weighted by Crippen LogP contribution is -2.05. The van der Waals surface area contributed by atoms with Crippen LogP contribution in [0.25, 0.3) is 0 Å². The van der Waals surface area contributed by atoms with Crippen LogP contribution in [0, 0.1) is 17.0 Å². The minimum atomic E-state index is -0.468. The predicted molar refractivity (Wildman–Crippen MR) is 72.2 cm³/mol. The average Bonchev–Trinajstić information content (AvgIpc) is 2.39. The summed E-state index contributed by atoms with van der Waals surface area (Å²) in [6.45, 7) is 2.24. The standard InChI is InChI=1S/C12H11ClN4O2/c1-8-4-11(17(18)19)7-16-12(8)15-6-10-3-2-9(13)5-14-10/h2-5,7H,6H2,1H3,(H,15,16). The molecule has 0 amide bonds. The van der Waals surface area contributed by atoms with Crippen LogP contribution in [0.4, 0.5) is 11.5 Å². The molecule has 2 aromatic heterocycles. The molecule has 0 fully saturated rings. The Morgan fingerprint density at radius 1 is 1.37 bits per heavy atom. The largest absolute Gasteiger partial charge is 0.364 e. The molecule has 0 atom stereocenters. The zero-order valence-electron chi connectivity index (χ0n) is 10.1. The zero-order valence-corrected chi connectivity index (χ0v) is 10.9. The van der Waals surface area contributed by atoms with E-state index in [1.807, 2.05) is 0 Å². The Morgan fingerprint density at radius 2 is 2.16 bits per heavy atom. The van der Waals surface area contributed by atoms with Gasteiger partial charge in [0.25, 0.3) is 5.69 Å². The fraction of sp³-hybridized carbons (Fsp3) is 0.167. The highest BCUT2D eigenvalue weighted by atomic mass is 35.5. The van der Waals surface area contributed by atoms with E-state index in [0.29, 0.717) is 22.9 Å². The maximum atomic E-state index is 10.6. The predicted octanol–water partition coefficient (Wildman–Crippen LogP) is 2.96. The Balaban J connectivity index is 2.07. The third-order valence-electron chi connectivity index (χ3n) is 2.50. The molecule has 7 heteroatoms. The van der Waals surface area contributed by atoms with Crippen molar-refractivity contribution in [2.45, 2.75) is 13.5 Å². The Hall–Kier alpha value is -2.21. The monoisotopic (exact) mass is 278 g/mol. The van der Waals surface area contributed by atoms with E-state index in [9.17, 15) is 10.1 Å². The van der Waals surface area contributed by atoms with Gasteiger partial charge in [0, 0.05) is 12.3 Å². The van der Waals surface area contributed by atoms with Gasteiger partial charge in [0.15, 0.2) is 0 Å². The first-order chi connectivity index (χ1) is 9.06. The molecular weight excluding hydrogens is 268 g/mol. The SMILES string of the molecule is Cc1cc([N+](=O)[O-])cnc1NCc1ccc(Cl)cn1. The van der Waals surface area contributed by atoms with Crippen LogP contribution in [-0.4, -0.2) is 14.9 Å². The summed E-state index contributed by atoms with van der Waals surface area (Å²) in [5.41, 5.74) is 1.50. The quantitative estimate of drug-likeness (QED) is 0.687. The molecule has 2 rings (SSSR count). The van der Waals surface area contributed by atoms with Crippen molar-refractivity contribution in [3.63, 3.8) is 0 Å². The molecule has 0 aromatic carbocycles. The van der Waals surface area contributed by atoms with Crippen LogP contribution in [0.3, 0.4) is 0 Å². The average molecular weight is 279 g/mol. The first-order valence-electron chi connectivity index (χ1n) is 5.51. The van der Waals surface area contributed by atoms with Crippen molar-refractivity contribution in [2.24, 2.45) is 0 Å². The molecule has 0 unspecified atom stereocenters. The van der Waals surface area contributed by atoms with Gasteiger partial charge in [-0.3, -0.25) is 15.1 Å². The van der Waals surface area contributed by atoms with E-state index in [2.05, 4.69) is 15.3 Å². The van der Waals surface area contributed by atoms with Crippen LogP contribution in [0.1, 0.15) is 11.3 Å². The maximum absolute atomic E-state index is 10.6. The summed E-state index contributed by atoms with van der Waals surface area (Å²) in [6, 6.07) is 5.03. The van der Waals surface area contributed by atoms with Crippen LogP contribution < -0.4 is 5.32 Å². The number of aryl methyl sites for hydroxylation is 1. The van der Waals surface area contributed by atoms with Crippen LogP contribution >= 0.6 is 11.6 Å². The second-order valence-electron chi connectivity index (χ2n) is 3.94. The van der Waals surface area contributed by atoms with Gasteiger partial charge in [-0.2, -0.15) is 0 Å². The normalized spacial score (nSPS) is 10.2. The van der Waals surface area contributed by atoms with Gasteiger partial charge in [0.05, 0.1) is 22.2 Å². The lowest BCUT2D eigenvalue weighted by molar-refractivity contribution is -0.385. The lowest BCUT2D eigenvalue weighted by Gasteiger charge is -2.07. The number of rotatable bonds is 4. The third kappa shape index (κ3) is 3.38. The molecule has 2 aromatic rings. The van der Waals surface area contributed by atoms with Crippen molar-refractivity contribution < 1.29 is 4.92 Å². The summed E-state index contributed by atoms with van der Waals surface area (Å²) in [6.07, 6.45) is 2.79. The van der Waals surface area contributed by atoms with Crippen LogP contribution in [0.2, 0.25) is 5.02 Å². The van der Waals surface area contributed by atoms with E-state index >= 15 is 0 Å². The highest BCUT2D eigenvalue weighted by Crippen LogP contribution is 2.18. The first kappa shape index (κ1) is 13.2. The Morgan fingerprint density at radius 3 is 2.74 bits per heavy atom. The van der Waals surface area contributed by atoms with E-state index in [4.69, 9.17) is 11.6 Å². The van der Waals surface area contributed by atoms with E-state index in [1.54, 1.807) is 25.3 Å². The third-order valence-corrected chi connectivity index (χ3v) is 2.72. The van der Waals surface area contributed by atoms with Crippen molar-refractivity contribution in [1.82, 2.24) is 9.97 Å². The van der Waals surface area contributed by atoms with Crippen LogP contribution in [0.15, 0.2) is 30.6 Å². The molecule has 1 N–H and O–H groups in total. The van der Waals surface area contributed by atoms with Crippen molar-refractivity contribution in [3.8, 4) is 0 Å². The van der Waals surface area contributed by atoms with E-state index in [-0.39, 0.29) is 5.69 Å². The topological polar surface area (TPSA) is 81.0 Å². The fourth-order valence-corrected chi connectivity index (χ4v) is 1.64. The van der Waals surface area contributed by atoms with Gasteiger partial charge in [-0.05, 0) is 24.6 Å². The fourth-order valence-electron chi connectivity index (χ4n) is 1.53. The van der Waals surface area contributed by atoms with Crippen LogP contribution in [-0.2, 0) is 6.54 Å². The highest BCUT2D eigenvalue weighted by molar-refractivity contribution is 6.30. The number of halogens is 1. The first-order valence-corrected chi connectivity index (χ1v) is 5.89. The molecule has 0 saturated heterocycles. The number of pyridine rings is 2. The molecule has 0 saturated carbocycles. The summed E-state index contributed by atoms with van der Waals surface area (Å²) in [5, 5.41) is 14.3. The van der Waals surface area contributed by atoms with E-state index in [1.165, 1.54) is 12.3 Å². The highest BCUT2D eigenvalue weighted by Gasteiger charge is 2.09. The smallest absolute Gasteiger partial charge is 0.287 e. The van der Waals surface area contributed by atoms with Crippen LogP contribution in [0.5, 0.6) is 0 Å². The number of nitrogens with zero attached hydrogens (tertiary/aromatic N) is 3. The summed E-state index contributed by atoms with van der Waals surface area (Å²) in [5.74, 6) is 0.599. The Kier molecular flexibility index (Phi) is 3.91. The minimum Gasteiger partial charge on any atom is -0.364 e. The Labute approximate surface area is 114 Å². The van der Waals surface area contributed by atoms with Gasteiger partial charge >= 0.3 is 0 Å². The minimum absolute atomic E-state index is 0.0207. The summed E-state index contributed by atoms with van der Waals surface area (Å²) >= 11 is 5.74. The van der Waals surface area contributed by atoms with E-state index in [0.717, 1.165) is 5.69 Å². The molecular formula is C12H11ClN4O2. The maximum Gasteiger partial charge on any atom is 0.287 e. The molecule has 19 heavy (non-hydrogen) atoms. The van der Waals surface area contributed by atoms with Gasteiger partial charge in [-0.15, -0.1) is 0 Å². The number of hydrogen-bond donors (Lipinski definition) is 1. The van der Waals surface area contributed by atoms with E-state index < -0.39 is 4.92 Å². The number of nitrogens with one attached hydrogen (secondary N) is 1.